The minimum Gasteiger partial charge on any atom is -0.480 e. The Morgan fingerprint density at radius 3 is 2.38 bits per heavy atom. The number of hydrogen-bond acceptors (Lipinski definition) is 3. The molecule has 0 radical (unpaired) electrons. The number of likely N-dealkylation sites (tertiary alicyclic amines) is 1. The van der Waals surface area contributed by atoms with E-state index in [0.717, 1.165) is 18.4 Å². The molecule has 1 saturated heterocycles. The van der Waals surface area contributed by atoms with Crippen LogP contribution in [0.15, 0.2) is 30.3 Å². The molecule has 142 valence electrons. The number of carbonyl (C=O) groups is 3. The van der Waals surface area contributed by atoms with E-state index in [0.29, 0.717) is 38.9 Å². The minimum absolute atomic E-state index is 0.0920. The summed E-state index contributed by atoms with van der Waals surface area (Å²) in [6.45, 7) is 3.27. The van der Waals surface area contributed by atoms with Gasteiger partial charge in [0.15, 0.2) is 0 Å². The average molecular weight is 360 g/mol. The molecule has 0 unspecified atom stereocenters. The first-order valence-electron chi connectivity index (χ1n) is 9.33. The molecule has 1 aliphatic rings. The number of carboxylic acid groups (broad SMARTS) is 1. The number of rotatable bonds is 8. The number of hydrogen-bond donors (Lipinski definition) is 1. The van der Waals surface area contributed by atoms with E-state index < -0.39 is 5.97 Å². The third-order valence-corrected chi connectivity index (χ3v) is 4.80. The van der Waals surface area contributed by atoms with Crippen molar-refractivity contribution in [3.05, 3.63) is 35.9 Å². The molecule has 0 aliphatic carbocycles. The highest BCUT2D eigenvalue weighted by Gasteiger charge is 2.30. The van der Waals surface area contributed by atoms with Crippen LogP contribution in [0.25, 0.3) is 0 Å². The van der Waals surface area contributed by atoms with Gasteiger partial charge in [-0.25, -0.2) is 0 Å². The van der Waals surface area contributed by atoms with E-state index in [1.807, 2.05) is 42.2 Å². The fraction of sp³-hybridized carbons (Fsp3) is 0.550. The van der Waals surface area contributed by atoms with Crippen LogP contribution in [0, 0.1) is 5.92 Å². The predicted octanol–water partition coefficient (Wildman–Crippen LogP) is 2.18. The highest BCUT2D eigenvalue weighted by molar-refractivity contribution is 5.83. The van der Waals surface area contributed by atoms with Crippen LogP contribution in [0.1, 0.15) is 38.2 Å². The SMILES string of the molecule is CCCN(CC(=O)O)C(=O)C1CCN(C(=O)CCc2ccccc2)CC1. The Morgan fingerprint density at radius 2 is 1.81 bits per heavy atom. The van der Waals surface area contributed by atoms with Crippen LogP contribution < -0.4 is 0 Å². The molecular weight excluding hydrogens is 332 g/mol. The Bertz CT molecular complexity index is 609. The van der Waals surface area contributed by atoms with Gasteiger partial charge in [0.05, 0.1) is 0 Å². The van der Waals surface area contributed by atoms with Crippen LogP contribution in [0.5, 0.6) is 0 Å². The molecule has 0 saturated carbocycles. The predicted molar refractivity (Wildman–Crippen MR) is 98.6 cm³/mol. The van der Waals surface area contributed by atoms with Crippen molar-refractivity contribution in [1.82, 2.24) is 9.80 Å². The summed E-state index contributed by atoms with van der Waals surface area (Å²) in [7, 11) is 0. The highest BCUT2D eigenvalue weighted by Crippen LogP contribution is 2.21. The summed E-state index contributed by atoms with van der Waals surface area (Å²) in [5.41, 5.74) is 1.15. The third kappa shape index (κ3) is 5.86. The van der Waals surface area contributed by atoms with Crippen molar-refractivity contribution in [1.29, 1.82) is 0 Å². The molecule has 1 aromatic carbocycles. The first kappa shape index (κ1) is 19.9. The topological polar surface area (TPSA) is 77.9 Å². The lowest BCUT2D eigenvalue weighted by atomic mass is 9.94. The van der Waals surface area contributed by atoms with E-state index in [2.05, 4.69) is 0 Å². The van der Waals surface area contributed by atoms with Crippen molar-refractivity contribution in [2.24, 2.45) is 5.92 Å². The van der Waals surface area contributed by atoms with Crippen molar-refractivity contribution in [3.8, 4) is 0 Å². The van der Waals surface area contributed by atoms with Gasteiger partial charge in [0.2, 0.25) is 11.8 Å². The second-order valence-electron chi connectivity index (χ2n) is 6.79. The standard InChI is InChI=1S/C20H28N2O4/c1-2-12-22(15-19(24)25)20(26)17-10-13-21(14-11-17)18(23)9-8-16-6-4-3-5-7-16/h3-7,17H,2,8-15H2,1H3,(H,24,25). The first-order valence-corrected chi connectivity index (χ1v) is 9.33. The molecule has 0 aromatic heterocycles. The molecular formula is C20H28N2O4. The summed E-state index contributed by atoms with van der Waals surface area (Å²) < 4.78 is 0. The Balaban J connectivity index is 1.80. The zero-order chi connectivity index (χ0) is 18.9. The minimum atomic E-state index is -0.986. The van der Waals surface area contributed by atoms with E-state index in [1.165, 1.54) is 4.90 Å². The molecule has 1 aromatic rings. The molecule has 1 fully saturated rings. The van der Waals surface area contributed by atoms with Gasteiger partial charge in [-0.15, -0.1) is 0 Å². The number of amides is 2. The van der Waals surface area contributed by atoms with Crippen LogP contribution in [0.4, 0.5) is 0 Å². The molecule has 0 spiro atoms. The summed E-state index contributed by atoms with van der Waals surface area (Å²) in [6, 6.07) is 9.93. The van der Waals surface area contributed by atoms with Crippen molar-refractivity contribution >= 4 is 17.8 Å². The number of benzene rings is 1. The maximum Gasteiger partial charge on any atom is 0.323 e. The maximum atomic E-state index is 12.6. The number of nitrogens with zero attached hydrogens (tertiary/aromatic N) is 2. The third-order valence-electron chi connectivity index (χ3n) is 4.80. The van der Waals surface area contributed by atoms with Gasteiger partial charge in [-0.1, -0.05) is 37.3 Å². The Hall–Kier alpha value is -2.37. The zero-order valence-electron chi connectivity index (χ0n) is 15.4. The molecule has 2 rings (SSSR count). The number of carbonyl (C=O) groups excluding carboxylic acids is 2. The second-order valence-corrected chi connectivity index (χ2v) is 6.79. The molecule has 2 amide bonds. The van der Waals surface area contributed by atoms with Crippen molar-refractivity contribution < 1.29 is 19.5 Å². The van der Waals surface area contributed by atoms with Gasteiger partial charge < -0.3 is 14.9 Å². The van der Waals surface area contributed by atoms with Gasteiger partial charge >= 0.3 is 5.97 Å². The molecule has 1 aliphatic heterocycles. The Kier molecular flexibility index (Phi) is 7.63. The van der Waals surface area contributed by atoms with Crippen molar-refractivity contribution in [3.63, 3.8) is 0 Å². The van der Waals surface area contributed by atoms with E-state index in [-0.39, 0.29) is 24.3 Å². The monoisotopic (exact) mass is 360 g/mol. The summed E-state index contributed by atoms with van der Waals surface area (Å²) in [5.74, 6) is -1.14. The van der Waals surface area contributed by atoms with Gasteiger partial charge in [-0.3, -0.25) is 14.4 Å². The van der Waals surface area contributed by atoms with Crippen LogP contribution in [-0.2, 0) is 20.8 Å². The van der Waals surface area contributed by atoms with E-state index in [9.17, 15) is 14.4 Å². The Morgan fingerprint density at radius 1 is 1.15 bits per heavy atom. The van der Waals surface area contributed by atoms with Crippen molar-refractivity contribution in [2.75, 3.05) is 26.2 Å². The molecule has 1 N–H and O–H groups in total. The second kappa shape index (κ2) is 9.94. The van der Waals surface area contributed by atoms with E-state index >= 15 is 0 Å². The van der Waals surface area contributed by atoms with Crippen molar-refractivity contribution in [2.45, 2.75) is 39.0 Å². The normalized spacial score (nSPS) is 14.9. The zero-order valence-corrected chi connectivity index (χ0v) is 15.4. The fourth-order valence-electron chi connectivity index (χ4n) is 3.39. The van der Waals surface area contributed by atoms with Gasteiger partial charge in [0, 0.05) is 32.0 Å². The van der Waals surface area contributed by atoms with Gasteiger partial charge in [0.1, 0.15) is 6.54 Å². The van der Waals surface area contributed by atoms with Crippen LogP contribution in [0.3, 0.4) is 0 Å². The lowest BCUT2D eigenvalue weighted by Crippen LogP contribution is -2.46. The van der Waals surface area contributed by atoms with Crippen LogP contribution in [-0.4, -0.2) is 58.9 Å². The highest BCUT2D eigenvalue weighted by atomic mass is 16.4. The molecule has 6 nitrogen and oxygen atoms in total. The summed E-state index contributed by atoms with van der Waals surface area (Å²) >= 11 is 0. The summed E-state index contributed by atoms with van der Waals surface area (Å²) in [6.07, 6.45) is 3.15. The average Bonchev–Trinajstić information content (AvgIpc) is 2.66. The van der Waals surface area contributed by atoms with Crippen LogP contribution >= 0.6 is 0 Å². The first-order chi connectivity index (χ1) is 12.5. The molecule has 0 bridgehead atoms. The van der Waals surface area contributed by atoms with Crippen LogP contribution in [0.2, 0.25) is 0 Å². The smallest absolute Gasteiger partial charge is 0.323 e. The van der Waals surface area contributed by atoms with Gasteiger partial charge in [-0.2, -0.15) is 0 Å². The van der Waals surface area contributed by atoms with E-state index in [1.54, 1.807) is 0 Å². The largest absolute Gasteiger partial charge is 0.480 e. The summed E-state index contributed by atoms with van der Waals surface area (Å²) in [4.78, 5) is 39.2. The quantitative estimate of drug-likeness (QED) is 0.771. The fourth-order valence-corrected chi connectivity index (χ4v) is 3.39. The lowest BCUT2D eigenvalue weighted by Gasteiger charge is -2.34. The van der Waals surface area contributed by atoms with Gasteiger partial charge in [0.25, 0.3) is 0 Å². The van der Waals surface area contributed by atoms with Gasteiger partial charge in [-0.05, 0) is 31.2 Å². The summed E-state index contributed by atoms with van der Waals surface area (Å²) in [5, 5.41) is 8.98. The number of aliphatic carboxylic acids is 1. The molecule has 26 heavy (non-hydrogen) atoms. The van der Waals surface area contributed by atoms with E-state index in [4.69, 9.17) is 5.11 Å². The lowest BCUT2D eigenvalue weighted by molar-refractivity contribution is -0.147. The Labute approximate surface area is 154 Å². The number of carboxylic acids is 1. The number of aryl methyl sites for hydroxylation is 1. The molecule has 0 atom stereocenters. The molecule has 6 heteroatoms. The maximum absolute atomic E-state index is 12.6. The number of piperidine rings is 1. The molecule has 1 heterocycles.